The Morgan fingerprint density at radius 1 is 1.90 bits per heavy atom. The minimum atomic E-state index is -0.808. The molecule has 0 saturated heterocycles. The second kappa shape index (κ2) is 5.12. The number of nitriles is 1. The Balaban J connectivity index is 3.22. The Hall–Kier alpha value is -0.690. The van der Waals surface area contributed by atoms with Crippen molar-refractivity contribution in [2.75, 3.05) is 5.75 Å². The van der Waals surface area contributed by atoms with Gasteiger partial charge in [-0.2, -0.15) is 5.26 Å². The minimum absolute atomic E-state index is 0.0978. The zero-order valence-corrected chi connectivity index (χ0v) is 6.52. The van der Waals surface area contributed by atoms with Gasteiger partial charge in [0.05, 0.1) is 17.7 Å². The molecule has 0 aliphatic rings. The number of nitrogens with zero attached hydrogens (tertiary/aromatic N) is 1. The van der Waals surface area contributed by atoms with Gasteiger partial charge >= 0.3 is 5.97 Å². The molecule has 1 unspecified atom stereocenters. The number of carboxylic acid groups (broad SMARTS) is 1. The van der Waals surface area contributed by atoms with Crippen LogP contribution in [0.2, 0.25) is 0 Å². The standard InChI is InChI=1S/C6H9NO2S/c1-5(4-7)10-3-2-6(8)9/h5H,2-3H2,1H3,(H,8,9). The Morgan fingerprint density at radius 3 is 2.90 bits per heavy atom. The van der Waals surface area contributed by atoms with Gasteiger partial charge in [-0.25, -0.2) is 0 Å². The van der Waals surface area contributed by atoms with Crippen molar-refractivity contribution in [2.24, 2.45) is 0 Å². The summed E-state index contributed by atoms with van der Waals surface area (Å²) in [5.41, 5.74) is 0. The summed E-state index contributed by atoms with van der Waals surface area (Å²) >= 11 is 1.36. The Bertz CT molecular complexity index is 152. The third kappa shape index (κ3) is 5.45. The topological polar surface area (TPSA) is 61.1 Å². The van der Waals surface area contributed by atoms with Crippen LogP contribution in [0.15, 0.2) is 0 Å². The highest BCUT2D eigenvalue weighted by atomic mass is 32.2. The average molecular weight is 159 g/mol. The smallest absolute Gasteiger partial charge is 0.304 e. The van der Waals surface area contributed by atoms with Crippen LogP contribution in [0.5, 0.6) is 0 Å². The molecule has 56 valence electrons. The molecule has 0 fully saturated rings. The van der Waals surface area contributed by atoms with E-state index >= 15 is 0 Å². The number of hydrogen-bond acceptors (Lipinski definition) is 3. The number of carbonyl (C=O) groups is 1. The van der Waals surface area contributed by atoms with Gasteiger partial charge in [-0.3, -0.25) is 4.79 Å². The van der Waals surface area contributed by atoms with Gasteiger partial charge in [0, 0.05) is 5.75 Å². The zero-order valence-electron chi connectivity index (χ0n) is 5.70. The fourth-order valence-corrected chi connectivity index (χ4v) is 1.08. The molecular formula is C6H9NO2S. The van der Waals surface area contributed by atoms with E-state index in [0.29, 0.717) is 5.75 Å². The van der Waals surface area contributed by atoms with Crippen LogP contribution in [0.25, 0.3) is 0 Å². The molecule has 10 heavy (non-hydrogen) atoms. The third-order valence-corrected chi connectivity index (χ3v) is 1.91. The van der Waals surface area contributed by atoms with Gasteiger partial charge in [-0.15, -0.1) is 11.8 Å². The van der Waals surface area contributed by atoms with Crippen LogP contribution in [0, 0.1) is 11.3 Å². The Morgan fingerprint density at radius 2 is 2.50 bits per heavy atom. The van der Waals surface area contributed by atoms with Gasteiger partial charge < -0.3 is 5.11 Å². The van der Waals surface area contributed by atoms with E-state index in [-0.39, 0.29) is 11.7 Å². The van der Waals surface area contributed by atoms with E-state index in [0.717, 1.165) is 0 Å². The van der Waals surface area contributed by atoms with E-state index in [1.165, 1.54) is 11.8 Å². The second-order valence-electron chi connectivity index (χ2n) is 1.79. The molecule has 3 nitrogen and oxygen atoms in total. The first kappa shape index (κ1) is 9.31. The molecule has 0 spiro atoms. The van der Waals surface area contributed by atoms with Crippen LogP contribution < -0.4 is 0 Å². The molecule has 0 aromatic carbocycles. The molecular weight excluding hydrogens is 150 g/mol. The van der Waals surface area contributed by atoms with Gasteiger partial charge in [0.25, 0.3) is 0 Å². The van der Waals surface area contributed by atoms with Crippen molar-refractivity contribution in [1.82, 2.24) is 0 Å². The van der Waals surface area contributed by atoms with Gasteiger partial charge in [-0.05, 0) is 6.92 Å². The van der Waals surface area contributed by atoms with Crippen LogP contribution in [0.4, 0.5) is 0 Å². The number of hydrogen-bond donors (Lipinski definition) is 1. The normalized spacial score (nSPS) is 12.0. The number of carboxylic acids is 1. The summed E-state index contributed by atoms with van der Waals surface area (Å²) in [5, 5.41) is 16.4. The first-order chi connectivity index (χ1) is 4.66. The molecule has 0 aliphatic carbocycles. The van der Waals surface area contributed by atoms with E-state index in [9.17, 15) is 4.79 Å². The van der Waals surface area contributed by atoms with Crippen molar-refractivity contribution in [3.63, 3.8) is 0 Å². The second-order valence-corrected chi connectivity index (χ2v) is 3.23. The highest BCUT2D eigenvalue weighted by molar-refractivity contribution is 8.00. The first-order valence-electron chi connectivity index (χ1n) is 2.90. The van der Waals surface area contributed by atoms with E-state index in [1.54, 1.807) is 6.92 Å². The Labute approximate surface area is 64.0 Å². The molecule has 0 saturated carbocycles. The molecule has 0 aromatic rings. The lowest BCUT2D eigenvalue weighted by molar-refractivity contribution is -0.136. The minimum Gasteiger partial charge on any atom is -0.481 e. The summed E-state index contributed by atoms with van der Waals surface area (Å²) < 4.78 is 0. The van der Waals surface area contributed by atoms with Crippen molar-refractivity contribution < 1.29 is 9.90 Å². The summed E-state index contributed by atoms with van der Waals surface area (Å²) in [6.45, 7) is 1.76. The van der Waals surface area contributed by atoms with Crippen LogP contribution in [0.1, 0.15) is 13.3 Å². The highest BCUT2D eigenvalue weighted by Gasteiger charge is 2.01. The molecule has 0 aromatic heterocycles. The lowest BCUT2D eigenvalue weighted by atomic mass is 10.5. The predicted octanol–water partition coefficient (Wildman–Crippen LogP) is 1.11. The van der Waals surface area contributed by atoms with Crippen molar-refractivity contribution in [3.8, 4) is 6.07 Å². The maximum atomic E-state index is 9.97. The maximum Gasteiger partial charge on any atom is 0.304 e. The molecule has 0 rings (SSSR count). The quantitative estimate of drug-likeness (QED) is 0.667. The van der Waals surface area contributed by atoms with E-state index in [4.69, 9.17) is 10.4 Å². The van der Waals surface area contributed by atoms with Crippen LogP contribution in [0.3, 0.4) is 0 Å². The van der Waals surface area contributed by atoms with Crippen LogP contribution in [-0.2, 0) is 4.79 Å². The fourth-order valence-electron chi connectivity index (χ4n) is 0.360. The summed E-state index contributed by atoms with van der Waals surface area (Å²) in [5.74, 6) is -0.290. The molecule has 1 atom stereocenters. The largest absolute Gasteiger partial charge is 0.481 e. The Kier molecular flexibility index (Phi) is 4.77. The van der Waals surface area contributed by atoms with E-state index < -0.39 is 5.97 Å². The van der Waals surface area contributed by atoms with Crippen LogP contribution in [-0.4, -0.2) is 22.1 Å². The third-order valence-electron chi connectivity index (χ3n) is 0.866. The van der Waals surface area contributed by atoms with Gasteiger partial charge in [-0.1, -0.05) is 0 Å². The number of aliphatic carboxylic acids is 1. The number of rotatable bonds is 4. The van der Waals surface area contributed by atoms with E-state index in [2.05, 4.69) is 0 Å². The summed E-state index contributed by atoms with van der Waals surface area (Å²) in [6, 6.07) is 2.01. The monoisotopic (exact) mass is 159 g/mol. The predicted molar refractivity (Wildman–Crippen MR) is 39.8 cm³/mol. The number of thioether (sulfide) groups is 1. The summed E-state index contributed by atoms with van der Waals surface area (Å²) in [4.78, 5) is 9.97. The average Bonchev–Trinajstić information content (AvgIpc) is 1.87. The van der Waals surface area contributed by atoms with Crippen molar-refractivity contribution >= 4 is 17.7 Å². The van der Waals surface area contributed by atoms with Gasteiger partial charge in [0.2, 0.25) is 0 Å². The molecule has 1 N–H and O–H groups in total. The molecule has 0 radical (unpaired) electrons. The first-order valence-corrected chi connectivity index (χ1v) is 3.94. The summed E-state index contributed by atoms with van der Waals surface area (Å²) in [6.07, 6.45) is 0.136. The zero-order chi connectivity index (χ0) is 7.98. The molecule has 0 heterocycles. The lowest BCUT2D eigenvalue weighted by Gasteiger charge is -1.97. The van der Waals surface area contributed by atoms with Crippen LogP contribution >= 0.6 is 11.8 Å². The van der Waals surface area contributed by atoms with Gasteiger partial charge in [0.15, 0.2) is 0 Å². The SMILES string of the molecule is CC(C#N)SCCC(=O)O. The fraction of sp³-hybridized carbons (Fsp3) is 0.667. The van der Waals surface area contributed by atoms with Crippen molar-refractivity contribution in [3.05, 3.63) is 0 Å². The molecule has 0 amide bonds. The van der Waals surface area contributed by atoms with Gasteiger partial charge in [0.1, 0.15) is 0 Å². The van der Waals surface area contributed by atoms with E-state index in [1.807, 2.05) is 6.07 Å². The molecule has 0 bridgehead atoms. The molecule has 0 aliphatic heterocycles. The van der Waals surface area contributed by atoms with Crippen molar-refractivity contribution in [1.29, 1.82) is 5.26 Å². The lowest BCUT2D eigenvalue weighted by Crippen LogP contribution is -1.99. The summed E-state index contributed by atoms with van der Waals surface area (Å²) in [7, 11) is 0. The van der Waals surface area contributed by atoms with Crippen molar-refractivity contribution in [2.45, 2.75) is 18.6 Å². The maximum absolute atomic E-state index is 9.97. The highest BCUT2D eigenvalue weighted by Crippen LogP contribution is 2.09. The molecule has 4 heteroatoms.